The van der Waals surface area contributed by atoms with Crippen molar-refractivity contribution >= 4 is 23.1 Å². The van der Waals surface area contributed by atoms with Crippen LogP contribution in [0.2, 0.25) is 0 Å². The number of likely N-dealkylation sites (tertiary alicyclic amines) is 1. The molecule has 0 spiro atoms. The second-order valence-corrected chi connectivity index (χ2v) is 7.70. The molecule has 0 radical (unpaired) electrons. The number of amidine groups is 1. The maximum Gasteiger partial charge on any atom is 0.253 e. The Bertz CT molecular complexity index is 1020. The number of nitrogens with zero attached hydrogens (tertiary/aromatic N) is 3. The summed E-state index contributed by atoms with van der Waals surface area (Å²) in [5, 5.41) is 4.09. The second-order valence-electron chi connectivity index (χ2n) is 7.70. The van der Waals surface area contributed by atoms with Crippen molar-refractivity contribution < 1.29 is 18.3 Å². The average Bonchev–Trinajstić information content (AvgIpc) is 3.33. The highest BCUT2D eigenvalue weighted by Gasteiger charge is 2.36. The predicted octanol–water partition coefficient (Wildman–Crippen LogP) is 2.36. The van der Waals surface area contributed by atoms with Gasteiger partial charge in [0.05, 0.1) is 12.2 Å². The molecular formula is C21H22F2N6O2. The van der Waals surface area contributed by atoms with Crippen LogP contribution in [0.5, 0.6) is 5.75 Å². The molecule has 0 aliphatic carbocycles. The first kappa shape index (κ1) is 19.6. The fraction of sp³-hybridized carbons (Fsp3) is 0.333. The Hall–Kier alpha value is -3.40. The Balaban J connectivity index is 1.35. The number of benzene rings is 2. The van der Waals surface area contributed by atoms with E-state index in [0.717, 1.165) is 16.9 Å². The molecule has 0 aromatic heterocycles. The summed E-state index contributed by atoms with van der Waals surface area (Å²) in [4.78, 5) is 16.4. The van der Waals surface area contributed by atoms with Crippen LogP contribution >= 0.6 is 0 Å². The number of piperidine rings is 1. The molecule has 31 heavy (non-hydrogen) atoms. The number of hydrogen-bond donors (Lipinski definition) is 3. The zero-order valence-corrected chi connectivity index (χ0v) is 16.7. The van der Waals surface area contributed by atoms with Gasteiger partial charge in [-0.1, -0.05) is 0 Å². The minimum absolute atomic E-state index is 0.0629. The molecular weight excluding hydrogens is 406 g/mol. The van der Waals surface area contributed by atoms with Gasteiger partial charge in [0.2, 0.25) is 0 Å². The SMILES string of the molecule is O=C(c1ccc2c(c1)OCCN2c1ccc(C2=NNNN2)cc1)N1CCC(F)(F)CC1. The number of nitrogens with one attached hydrogen (secondary N) is 3. The number of ether oxygens (including phenoxy) is 1. The van der Waals surface area contributed by atoms with Gasteiger partial charge in [0.1, 0.15) is 12.4 Å². The van der Waals surface area contributed by atoms with E-state index < -0.39 is 5.92 Å². The van der Waals surface area contributed by atoms with E-state index in [0.29, 0.717) is 30.3 Å². The molecule has 0 unspecified atom stereocenters. The number of hydrazine groups is 2. The topological polar surface area (TPSA) is 81.2 Å². The van der Waals surface area contributed by atoms with Crippen LogP contribution in [0.3, 0.4) is 0 Å². The van der Waals surface area contributed by atoms with Crippen LogP contribution in [0.4, 0.5) is 20.2 Å². The number of amides is 1. The van der Waals surface area contributed by atoms with Crippen molar-refractivity contribution in [2.75, 3.05) is 31.1 Å². The summed E-state index contributed by atoms with van der Waals surface area (Å²) >= 11 is 0. The lowest BCUT2D eigenvalue weighted by atomic mass is 10.0. The fourth-order valence-corrected chi connectivity index (χ4v) is 3.98. The molecule has 1 fully saturated rings. The molecule has 3 aliphatic rings. The molecule has 1 amide bonds. The van der Waals surface area contributed by atoms with Crippen LogP contribution in [0.25, 0.3) is 0 Å². The molecule has 5 rings (SSSR count). The molecule has 8 nitrogen and oxygen atoms in total. The lowest BCUT2D eigenvalue weighted by Crippen LogP contribution is -2.42. The molecule has 3 N–H and O–H groups in total. The summed E-state index contributed by atoms with van der Waals surface area (Å²) in [7, 11) is 0. The lowest BCUT2D eigenvalue weighted by Gasteiger charge is -2.33. The molecule has 3 aliphatic heterocycles. The highest BCUT2D eigenvalue weighted by atomic mass is 19.3. The maximum absolute atomic E-state index is 13.4. The molecule has 2 aromatic carbocycles. The first-order valence-corrected chi connectivity index (χ1v) is 10.2. The third-order valence-corrected chi connectivity index (χ3v) is 5.71. The third-order valence-electron chi connectivity index (χ3n) is 5.71. The molecule has 0 saturated carbocycles. The predicted molar refractivity (Wildman–Crippen MR) is 111 cm³/mol. The summed E-state index contributed by atoms with van der Waals surface area (Å²) in [6.45, 7) is 1.27. The fourth-order valence-electron chi connectivity index (χ4n) is 3.98. The molecule has 0 bridgehead atoms. The van der Waals surface area contributed by atoms with Gasteiger partial charge in [-0.25, -0.2) is 14.3 Å². The van der Waals surface area contributed by atoms with Crippen LogP contribution in [-0.4, -0.2) is 48.8 Å². The average molecular weight is 428 g/mol. The van der Waals surface area contributed by atoms with Crippen LogP contribution in [0.15, 0.2) is 47.6 Å². The number of carbonyl (C=O) groups is 1. The normalized spacial score (nSPS) is 19.6. The number of halogens is 2. The summed E-state index contributed by atoms with van der Waals surface area (Å²) in [6.07, 6.45) is -0.587. The minimum Gasteiger partial charge on any atom is -0.490 e. The number of hydrogen-bond acceptors (Lipinski definition) is 7. The van der Waals surface area contributed by atoms with E-state index in [1.165, 1.54) is 4.90 Å². The number of rotatable bonds is 3. The van der Waals surface area contributed by atoms with E-state index in [-0.39, 0.29) is 31.8 Å². The summed E-state index contributed by atoms with van der Waals surface area (Å²) < 4.78 is 32.6. The molecule has 162 valence electrons. The number of anilines is 2. The summed E-state index contributed by atoms with van der Waals surface area (Å²) in [5.74, 6) is -1.61. The van der Waals surface area contributed by atoms with Gasteiger partial charge < -0.3 is 14.5 Å². The van der Waals surface area contributed by atoms with Crippen LogP contribution in [-0.2, 0) is 0 Å². The highest BCUT2D eigenvalue weighted by Crippen LogP contribution is 2.38. The van der Waals surface area contributed by atoms with Crippen molar-refractivity contribution in [2.24, 2.45) is 5.10 Å². The smallest absolute Gasteiger partial charge is 0.253 e. The Morgan fingerprint density at radius 2 is 1.84 bits per heavy atom. The number of fused-ring (bicyclic) bond motifs is 1. The highest BCUT2D eigenvalue weighted by molar-refractivity contribution is 5.99. The molecule has 0 atom stereocenters. The van der Waals surface area contributed by atoms with Crippen molar-refractivity contribution in [1.29, 1.82) is 0 Å². The lowest BCUT2D eigenvalue weighted by molar-refractivity contribution is -0.0494. The van der Waals surface area contributed by atoms with Gasteiger partial charge in [-0.05, 0) is 42.5 Å². The van der Waals surface area contributed by atoms with Crippen molar-refractivity contribution in [3.8, 4) is 5.75 Å². The molecule has 1 saturated heterocycles. The van der Waals surface area contributed by atoms with E-state index in [1.807, 2.05) is 30.3 Å². The Morgan fingerprint density at radius 3 is 2.55 bits per heavy atom. The van der Waals surface area contributed by atoms with Crippen molar-refractivity contribution in [1.82, 2.24) is 21.4 Å². The van der Waals surface area contributed by atoms with Gasteiger partial charge in [-0.3, -0.25) is 10.2 Å². The van der Waals surface area contributed by atoms with Crippen molar-refractivity contribution in [3.63, 3.8) is 0 Å². The zero-order valence-electron chi connectivity index (χ0n) is 16.7. The standard InChI is InChI=1S/C21H22F2N6O2/c22-21(23)7-9-28(10-8-21)20(30)15-3-6-17-18(13-15)31-12-11-29(17)16-4-1-14(2-5-16)19-24-26-27-25-19/h1-6,13,26-27H,7-12H2,(H,24,25). The minimum atomic E-state index is -2.68. The number of alkyl halides is 2. The van der Waals surface area contributed by atoms with E-state index in [9.17, 15) is 13.6 Å². The molecule has 3 heterocycles. The molecule has 10 heteroatoms. The van der Waals surface area contributed by atoms with Gasteiger partial charge in [0, 0.05) is 42.7 Å². The zero-order chi connectivity index (χ0) is 21.4. The van der Waals surface area contributed by atoms with Gasteiger partial charge in [-0.2, -0.15) is 0 Å². The van der Waals surface area contributed by atoms with E-state index in [2.05, 4.69) is 26.5 Å². The largest absolute Gasteiger partial charge is 0.490 e. The van der Waals surface area contributed by atoms with Gasteiger partial charge in [0.25, 0.3) is 11.8 Å². The summed E-state index contributed by atoms with van der Waals surface area (Å²) in [5.41, 5.74) is 11.5. The van der Waals surface area contributed by atoms with Crippen LogP contribution < -0.4 is 26.1 Å². The van der Waals surface area contributed by atoms with E-state index in [1.54, 1.807) is 12.1 Å². The number of hydrazone groups is 1. The Morgan fingerprint density at radius 1 is 1.06 bits per heavy atom. The Labute approximate surface area is 177 Å². The van der Waals surface area contributed by atoms with E-state index >= 15 is 0 Å². The van der Waals surface area contributed by atoms with Gasteiger partial charge in [-0.15, -0.1) is 10.6 Å². The monoisotopic (exact) mass is 428 g/mol. The Kier molecular flexibility index (Phi) is 4.85. The maximum atomic E-state index is 13.4. The number of carbonyl (C=O) groups excluding carboxylic acids is 1. The van der Waals surface area contributed by atoms with Crippen molar-refractivity contribution in [3.05, 3.63) is 53.6 Å². The third kappa shape index (κ3) is 3.86. The van der Waals surface area contributed by atoms with E-state index in [4.69, 9.17) is 4.74 Å². The first-order valence-electron chi connectivity index (χ1n) is 10.2. The van der Waals surface area contributed by atoms with Gasteiger partial charge in [0.15, 0.2) is 5.84 Å². The van der Waals surface area contributed by atoms with Gasteiger partial charge >= 0.3 is 0 Å². The van der Waals surface area contributed by atoms with Crippen LogP contribution in [0.1, 0.15) is 28.8 Å². The first-order chi connectivity index (χ1) is 15.0. The second kappa shape index (κ2) is 7.69. The van der Waals surface area contributed by atoms with Crippen LogP contribution in [0, 0.1) is 0 Å². The van der Waals surface area contributed by atoms with Crippen molar-refractivity contribution in [2.45, 2.75) is 18.8 Å². The summed E-state index contributed by atoms with van der Waals surface area (Å²) in [6, 6.07) is 13.2. The quantitative estimate of drug-likeness (QED) is 0.697. The molecule has 2 aromatic rings.